The Balaban J connectivity index is 2.32. The van der Waals surface area contributed by atoms with Gasteiger partial charge in [0, 0.05) is 23.6 Å². The summed E-state index contributed by atoms with van der Waals surface area (Å²) in [6.45, 7) is 11.3. The minimum Gasteiger partial charge on any atom is -0.332 e. The second kappa shape index (κ2) is 5.07. The van der Waals surface area contributed by atoms with Crippen molar-refractivity contribution in [1.82, 2.24) is 9.55 Å². The standard InChI is InChI=1S/C16H28N2/c1-12(2)18-11-14(13-9-7-6-8-10-13)17-15(18)16(3,4)5/h11-13H,6-10H2,1-5H3. The molecule has 1 heterocycles. The second-order valence-electron chi connectivity index (χ2n) is 7.08. The summed E-state index contributed by atoms with van der Waals surface area (Å²) in [7, 11) is 0. The molecule has 18 heavy (non-hydrogen) atoms. The summed E-state index contributed by atoms with van der Waals surface area (Å²) in [6.07, 6.45) is 9.15. The third-order valence-electron chi connectivity index (χ3n) is 4.00. The van der Waals surface area contributed by atoms with Crippen molar-refractivity contribution in [1.29, 1.82) is 0 Å². The summed E-state index contributed by atoms with van der Waals surface area (Å²) in [6, 6.07) is 0.504. The van der Waals surface area contributed by atoms with Crippen LogP contribution in [-0.2, 0) is 5.41 Å². The molecule has 0 amide bonds. The Morgan fingerprint density at radius 2 is 1.78 bits per heavy atom. The van der Waals surface area contributed by atoms with Gasteiger partial charge in [-0.15, -0.1) is 0 Å². The lowest BCUT2D eigenvalue weighted by molar-refractivity contribution is 0.436. The van der Waals surface area contributed by atoms with Crippen molar-refractivity contribution in [2.24, 2.45) is 0 Å². The zero-order valence-corrected chi connectivity index (χ0v) is 12.7. The van der Waals surface area contributed by atoms with Crippen molar-refractivity contribution in [3.8, 4) is 0 Å². The fraction of sp³-hybridized carbons (Fsp3) is 0.812. The molecule has 0 atom stereocenters. The van der Waals surface area contributed by atoms with E-state index in [2.05, 4.69) is 45.4 Å². The highest BCUT2D eigenvalue weighted by molar-refractivity contribution is 5.16. The van der Waals surface area contributed by atoms with Crippen LogP contribution >= 0.6 is 0 Å². The molecule has 0 aromatic carbocycles. The lowest BCUT2D eigenvalue weighted by Gasteiger charge is -2.21. The first kappa shape index (κ1) is 13.6. The van der Waals surface area contributed by atoms with Gasteiger partial charge in [-0.25, -0.2) is 4.98 Å². The molecule has 1 fully saturated rings. The fourth-order valence-corrected chi connectivity index (χ4v) is 2.96. The van der Waals surface area contributed by atoms with Crippen LogP contribution in [0.4, 0.5) is 0 Å². The molecule has 1 aromatic heterocycles. The molecule has 0 unspecified atom stereocenters. The zero-order valence-electron chi connectivity index (χ0n) is 12.7. The smallest absolute Gasteiger partial charge is 0.114 e. The van der Waals surface area contributed by atoms with Crippen LogP contribution in [0.25, 0.3) is 0 Å². The van der Waals surface area contributed by atoms with Crippen molar-refractivity contribution in [2.75, 3.05) is 0 Å². The highest BCUT2D eigenvalue weighted by Crippen LogP contribution is 2.34. The van der Waals surface area contributed by atoms with Crippen LogP contribution in [0, 0.1) is 0 Å². The average Bonchev–Trinajstić information content (AvgIpc) is 2.74. The van der Waals surface area contributed by atoms with Gasteiger partial charge in [0.15, 0.2) is 0 Å². The van der Waals surface area contributed by atoms with Gasteiger partial charge in [-0.05, 0) is 26.7 Å². The first-order valence-corrected chi connectivity index (χ1v) is 7.49. The Hall–Kier alpha value is -0.790. The van der Waals surface area contributed by atoms with Gasteiger partial charge in [-0.1, -0.05) is 40.0 Å². The van der Waals surface area contributed by atoms with Gasteiger partial charge in [-0.3, -0.25) is 0 Å². The van der Waals surface area contributed by atoms with Crippen LogP contribution in [0.3, 0.4) is 0 Å². The zero-order chi connectivity index (χ0) is 13.3. The van der Waals surface area contributed by atoms with Crippen molar-refractivity contribution >= 4 is 0 Å². The van der Waals surface area contributed by atoms with Crippen LogP contribution in [0.2, 0.25) is 0 Å². The quantitative estimate of drug-likeness (QED) is 0.734. The van der Waals surface area contributed by atoms with E-state index in [1.807, 2.05) is 0 Å². The van der Waals surface area contributed by atoms with Gasteiger partial charge in [0.1, 0.15) is 5.82 Å². The summed E-state index contributed by atoms with van der Waals surface area (Å²) in [4.78, 5) is 4.99. The lowest BCUT2D eigenvalue weighted by atomic mass is 9.87. The van der Waals surface area contributed by atoms with Gasteiger partial charge in [0.05, 0.1) is 5.69 Å². The van der Waals surface area contributed by atoms with E-state index in [-0.39, 0.29) is 5.41 Å². The van der Waals surface area contributed by atoms with Gasteiger partial charge in [0.25, 0.3) is 0 Å². The maximum Gasteiger partial charge on any atom is 0.114 e. The van der Waals surface area contributed by atoms with E-state index in [1.165, 1.54) is 43.6 Å². The lowest BCUT2D eigenvalue weighted by Crippen LogP contribution is -2.19. The Labute approximate surface area is 112 Å². The predicted molar refractivity (Wildman–Crippen MR) is 77.1 cm³/mol. The minimum atomic E-state index is 0.136. The molecule has 1 aliphatic carbocycles. The summed E-state index contributed by atoms with van der Waals surface area (Å²) in [5.74, 6) is 1.96. The van der Waals surface area contributed by atoms with Gasteiger partial charge >= 0.3 is 0 Å². The van der Waals surface area contributed by atoms with E-state index < -0.39 is 0 Å². The van der Waals surface area contributed by atoms with Gasteiger partial charge in [-0.2, -0.15) is 0 Å². The fourth-order valence-electron chi connectivity index (χ4n) is 2.96. The van der Waals surface area contributed by atoms with Crippen LogP contribution in [0.1, 0.15) is 90.2 Å². The number of hydrogen-bond acceptors (Lipinski definition) is 1. The molecule has 0 aliphatic heterocycles. The highest BCUT2D eigenvalue weighted by atomic mass is 15.1. The van der Waals surface area contributed by atoms with Crippen molar-refractivity contribution in [2.45, 2.75) is 84.1 Å². The van der Waals surface area contributed by atoms with Gasteiger partial charge in [0.2, 0.25) is 0 Å². The normalized spacial score (nSPS) is 18.6. The molecular weight excluding hydrogens is 220 g/mol. The van der Waals surface area contributed by atoms with E-state index >= 15 is 0 Å². The minimum absolute atomic E-state index is 0.136. The molecule has 102 valence electrons. The van der Waals surface area contributed by atoms with E-state index in [4.69, 9.17) is 4.98 Å². The molecule has 0 saturated heterocycles. The number of rotatable bonds is 2. The molecule has 2 heteroatoms. The molecule has 2 nitrogen and oxygen atoms in total. The SMILES string of the molecule is CC(C)n1cc(C2CCCCC2)nc1C(C)(C)C. The van der Waals surface area contributed by atoms with Gasteiger partial charge < -0.3 is 4.57 Å². The molecule has 1 saturated carbocycles. The maximum atomic E-state index is 4.99. The predicted octanol–water partition coefficient (Wildman–Crippen LogP) is 4.81. The van der Waals surface area contributed by atoms with Crippen LogP contribution in [-0.4, -0.2) is 9.55 Å². The molecule has 0 N–H and O–H groups in total. The molecule has 0 spiro atoms. The average molecular weight is 248 g/mol. The number of aromatic nitrogens is 2. The summed E-state index contributed by atoms with van der Waals surface area (Å²) >= 11 is 0. The molecule has 1 aromatic rings. The molecule has 0 bridgehead atoms. The van der Waals surface area contributed by atoms with E-state index in [1.54, 1.807) is 0 Å². The maximum absolute atomic E-state index is 4.99. The Morgan fingerprint density at radius 3 is 2.22 bits per heavy atom. The Bertz CT molecular complexity index is 390. The van der Waals surface area contributed by atoms with Crippen LogP contribution in [0.15, 0.2) is 6.20 Å². The van der Waals surface area contributed by atoms with E-state index in [0.29, 0.717) is 12.0 Å². The van der Waals surface area contributed by atoms with E-state index in [0.717, 1.165) is 0 Å². The van der Waals surface area contributed by atoms with E-state index in [9.17, 15) is 0 Å². The Morgan fingerprint density at radius 1 is 1.17 bits per heavy atom. The molecule has 2 rings (SSSR count). The number of nitrogens with zero attached hydrogens (tertiary/aromatic N) is 2. The summed E-state index contributed by atoms with van der Waals surface area (Å²) in [5.41, 5.74) is 1.48. The van der Waals surface area contributed by atoms with Crippen LogP contribution < -0.4 is 0 Å². The van der Waals surface area contributed by atoms with Crippen molar-refractivity contribution in [3.63, 3.8) is 0 Å². The molecule has 1 aliphatic rings. The largest absolute Gasteiger partial charge is 0.332 e. The van der Waals surface area contributed by atoms with Crippen molar-refractivity contribution < 1.29 is 0 Å². The van der Waals surface area contributed by atoms with Crippen molar-refractivity contribution in [3.05, 3.63) is 17.7 Å². The van der Waals surface area contributed by atoms with Crippen LogP contribution in [0.5, 0.6) is 0 Å². The highest BCUT2D eigenvalue weighted by Gasteiger charge is 2.26. The molecular formula is C16H28N2. The molecule has 0 radical (unpaired) electrons. The third kappa shape index (κ3) is 2.78. The third-order valence-corrected chi connectivity index (χ3v) is 4.00. The summed E-state index contributed by atoms with van der Waals surface area (Å²) in [5, 5.41) is 0. The number of hydrogen-bond donors (Lipinski definition) is 0. The summed E-state index contributed by atoms with van der Waals surface area (Å²) < 4.78 is 2.38. The topological polar surface area (TPSA) is 17.8 Å². The number of imidazole rings is 1. The Kier molecular flexibility index (Phi) is 3.84. The first-order valence-electron chi connectivity index (χ1n) is 7.49. The first-order chi connectivity index (χ1) is 8.39. The monoisotopic (exact) mass is 248 g/mol. The second-order valence-corrected chi connectivity index (χ2v) is 7.08.